The molecule has 7 rings (SSSR count). The van der Waals surface area contributed by atoms with Crippen LogP contribution in [0, 0.1) is 23.7 Å². The van der Waals surface area contributed by atoms with Crippen molar-refractivity contribution in [1.82, 2.24) is 0 Å². The molecule has 0 radical (unpaired) electrons. The van der Waals surface area contributed by atoms with Crippen molar-refractivity contribution in [3.8, 4) is 0 Å². The number of rotatable bonds is 8. The Morgan fingerprint density at radius 2 is 1.50 bits per heavy atom. The van der Waals surface area contributed by atoms with Crippen molar-refractivity contribution in [2.24, 2.45) is 23.7 Å². The van der Waals surface area contributed by atoms with Gasteiger partial charge in [0.05, 0.1) is 85.3 Å². The number of carbonyl (C=O) groups excluding carboxylic acids is 3. The number of hydrogen-bond acceptors (Lipinski definition) is 20. The second kappa shape index (κ2) is 27.8. The lowest BCUT2D eigenvalue weighted by Gasteiger charge is -2.52. The minimum atomic E-state index is -2.40. The third-order valence-electron chi connectivity index (χ3n) is 18.0. The molecule has 6 fully saturated rings. The van der Waals surface area contributed by atoms with E-state index in [2.05, 4.69) is 19.7 Å². The molecule has 0 saturated carbocycles. The van der Waals surface area contributed by atoms with Crippen LogP contribution in [0.3, 0.4) is 0 Å². The van der Waals surface area contributed by atoms with Gasteiger partial charge in [0.15, 0.2) is 17.4 Å². The van der Waals surface area contributed by atoms with Gasteiger partial charge in [-0.25, -0.2) is 0 Å². The number of aliphatic hydroxyl groups is 8. The van der Waals surface area contributed by atoms with Crippen molar-refractivity contribution in [2.75, 3.05) is 7.11 Å². The SMILES string of the molecule is C=C(Cl)/C=C/[C@@H](O)CC(=C)C[C@H]1O[C@@H]2[C@H](C)[C@@H](OC(=O)C[C@H]3C[C@H](OC(C)=O)C[C@@]4(C[C@@](C)(O)C[C@H](CC(=C)[C@@H](C)[C@H](O)[C@H](C)C(=O)C[C@@H]5C[C@H](OC)C[C@@]6(C[C@@H](O)C[C@H](C=CCCC[C@H]7O[C@](O)(C[C@H](O)[C@H]7C)[C@H]2O)O6)O5)O4)O3)[C@@H]1O. The standard InChI is InChI=1S/C61H93ClO20/c1-32(18-40(64)17-16-34(3)62)19-51-54(70)55-38(7)56(76-51)57(71)61(73)30-49(67)36(5)50(82-61)15-13-11-12-14-42-21-41(65)26-59(78-42)28-45(74-10)22-43(79-59)24-48(66)37(6)53(69)35(4)33(2)20-47-27-58(9,72)31-60(81-47)29-46(75-39(8)63)23-44(80-60)25-52(68)77-55/h12,14,16-17,35-38,40-47,49-51,53-57,64-65,67,69-73H,1-3,11,13,15,18-31H2,4-10H3/b14-12?,17-16+/t35-,36-,37-,38-,40-,41+,42+,43+,44-,45+,46+,47+,49+,50-,51-,53+,54-,55-,56-,57+,58+,59-,60-,61-/m1/s1. The summed E-state index contributed by atoms with van der Waals surface area (Å²) in [6.45, 7) is 21.7. The van der Waals surface area contributed by atoms with Crippen LogP contribution in [0.1, 0.15) is 151 Å². The maximum Gasteiger partial charge on any atom is 0.308 e. The van der Waals surface area contributed by atoms with Gasteiger partial charge in [0.2, 0.25) is 0 Å². The van der Waals surface area contributed by atoms with Crippen LogP contribution >= 0.6 is 11.6 Å². The fraction of sp³-hybridized carbons (Fsp3) is 0.787. The Hall–Kier alpha value is -3.00. The van der Waals surface area contributed by atoms with Crippen molar-refractivity contribution in [3.63, 3.8) is 0 Å². The van der Waals surface area contributed by atoms with Gasteiger partial charge in [-0.1, -0.05) is 88.4 Å². The molecule has 82 heavy (non-hydrogen) atoms. The third kappa shape index (κ3) is 16.9. The van der Waals surface area contributed by atoms with Crippen LogP contribution in [0.15, 0.2) is 60.2 Å². The van der Waals surface area contributed by atoms with E-state index in [4.69, 9.17) is 54.2 Å². The topological polar surface area (TPSA) is 296 Å². The molecule has 7 aliphatic heterocycles. The van der Waals surface area contributed by atoms with Crippen LogP contribution in [-0.2, 0) is 57.0 Å². The molecule has 21 heteroatoms. The summed E-state index contributed by atoms with van der Waals surface area (Å²) in [6, 6.07) is 0. The number of carbonyl (C=O) groups is 3. The molecule has 20 nitrogen and oxygen atoms in total. The largest absolute Gasteiger partial charge is 0.462 e. The van der Waals surface area contributed by atoms with Crippen molar-refractivity contribution < 1.29 is 97.9 Å². The summed E-state index contributed by atoms with van der Waals surface area (Å²) in [5.74, 6) is -9.98. The monoisotopic (exact) mass is 1180 g/mol. The number of fused-ring (bicyclic) bond motifs is 8. The molecule has 0 aromatic heterocycles. The number of methoxy groups -OCH3 is 1. The quantitative estimate of drug-likeness (QED) is 0.0864. The van der Waals surface area contributed by atoms with Gasteiger partial charge in [0.25, 0.3) is 0 Å². The zero-order valence-electron chi connectivity index (χ0n) is 48.9. The molecule has 2 spiro atoms. The molecule has 464 valence electrons. The normalized spacial score (nSPS) is 45.4. The lowest BCUT2D eigenvalue weighted by atomic mass is 9.78. The summed E-state index contributed by atoms with van der Waals surface area (Å²) in [5, 5.41) is 94.1. The molecule has 0 aromatic carbocycles. The Bertz CT molecular complexity index is 2310. The van der Waals surface area contributed by atoms with Crippen molar-refractivity contribution in [1.29, 1.82) is 0 Å². The van der Waals surface area contributed by atoms with Crippen LogP contribution in [0.2, 0.25) is 0 Å². The third-order valence-corrected chi connectivity index (χ3v) is 18.2. The zero-order valence-corrected chi connectivity index (χ0v) is 49.6. The Morgan fingerprint density at radius 3 is 2.20 bits per heavy atom. The second-order valence-corrected chi connectivity index (χ2v) is 25.8. The molecular formula is C61H93ClO20. The molecule has 0 amide bonds. The van der Waals surface area contributed by atoms with Crippen molar-refractivity contribution in [2.45, 2.75) is 271 Å². The van der Waals surface area contributed by atoms with E-state index in [1.165, 1.54) is 19.1 Å². The van der Waals surface area contributed by atoms with E-state index in [0.29, 0.717) is 49.7 Å². The van der Waals surface area contributed by atoms with Gasteiger partial charge in [-0.15, -0.1) is 0 Å². The summed E-state index contributed by atoms with van der Waals surface area (Å²) in [5.41, 5.74) is -0.469. The van der Waals surface area contributed by atoms with Gasteiger partial charge in [-0.3, -0.25) is 14.4 Å². The highest BCUT2D eigenvalue weighted by molar-refractivity contribution is 6.30. The number of esters is 2. The molecule has 0 unspecified atom stereocenters. The summed E-state index contributed by atoms with van der Waals surface area (Å²) < 4.78 is 57.2. The molecule has 10 bridgehead atoms. The van der Waals surface area contributed by atoms with E-state index in [1.807, 2.05) is 12.2 Å². The molecule has 6 saturated heterocycles. The second-order valence-electron chi connectivity index (χ2n) is 25.4. The van der Waals surface area contributed by atoms with Crippen LogP contribution in [0.25, 0.3) is 0 Å². The minimum Gasteiger partial charge on any atom is -0.462 e. The Balaban J connectivity index is 1.20. The van der Waals surface area contributed by atoms with E-state index in [9.17, 15) is 55.2 Å². The Morgan fingerprint density at radius 1 is 0.829 bits per heavy atom. The number of hydrogen-bond donors (Lipinski definition) is 8. The van der Waals surface area contributed by atoms with Gasteiger partial charge < -0.3 is 83.5 Å². The minimum absolute atomic E-state index is 0.00389. The molecule has 0 aromatic rings. The first-order valence-electron chi connectivity index (χ1n) is 29.4. The van der Waals surface area contributed by atoms with E-state index < -0.39 is 163 Å². The smallest absolute Gasteiger partial charge is 0.308 e. The van der Waals surface area contributed by atoms with Gasteiger partial charge in [0, 0.05) is 107 Å². The number of ketones is 1. The number of aliphatic hydroxyl groups excluding tert-OH is 6. The van der Waals surface area contributed by atoms with Gasteiger partial charge >= 0.3 is 11.9 Å². The lowest BCUT2D eigenvalue weighted by Crippen LogP contribution is -2.65. The number of allylic oxidation sites excluding steroid dienone is 3. The van der Waals surface area contributed by atoms with E-state index in [1.54, 1.807) is 41.7 Å². The first-order chi connectivity index (χ1) is 38.4. The Labute approximate surface area is 487 Å². The predicted molar refractivity (Wildman–Crippen MR) is 298 cm³/mol. The molecule has 7 aliphatic rings. The lowest BCUT2D eigenvalue weighted by molar-refractivity contribution is -0.351. The van der Waals surface area contributed by atoms with Crippen LogP contribution in [0.4, 0.5) is 0 Å². The fourth-order valence-electron chi connectivity index (χ4n) is 13.8. The van der Waals surface area contributed by atoms with Crippen LogP contribution in [-0.4, -0.2) is 186 Å². The van der Waals surface area contributed by atoms with Crippen LogP contribution < -0.4 is 0 Å². The first kappa shape index (κ1) is 66.5. The van der Waals surface area contributed by atoms with E-state index in [-0.39, 0.29) is 74.7 Å². The highest BCUT2D eigenvalue weighted by Gasteiger charge is 2.58. The number of ether oxygens (including phenoxy) is 9. The predicted octanol–water partition coefficient (Wildman–Crippen LogP) is 5.34. The maximum atomic E-state index is 14.4. The van der Waals surface area contributed by atoms with Crippen LogP contribution in [0.5, 0.6) is 0 Å². The summed E-state index contributed by atoms with van der Waals surface area (Å²) in [6.07, 6.45) is -8.29. The van der Waals surface area contributed by atoms with Gasteiger partial charge in [-0.05, 0) is 51.5 Å². The van der Waals surface area contributed by atoms with E-state index in [0.717, 1.165) is 0 Å². The average molecular weight is 1180 g/mol. The molecular weight excluding hydrogens is 1090 g/mol. The first-order valence-corrected chi connectivity index (χ1v) is 29.8. The molecule has 24 atom stereocenters. The fourth-order valence-corrected chi connectivity index (χ4v) is 13.8. The van der Waals surface area contributed by atoms with Crippen molar-refractivity contribution >= 4 is 29.3 Å². The summed E-state index contributed by atoms with van der Waals surface area (Å²) >= 11 is 5.88. The maximum absolute atomic E-state index is 14.4. The van der Waals surface area contributed by atoms with E-state index >= 15 is 0 Å². The zero-order chi connectivity index (χ0) is 60.2. The Kier molecular flexibility index (Phi) is 22.5. The van der Waals surface area contributed by atoms with Crippen molar-refractivity contribution in [3.05, 3.63) is 60.2 Å². The molecule has 0 aliphatic carbocycles. The van der Waals surface area contributed by atoms with Gasteiger partial charge in [-0.2, -0.15) is 0 Å². The highest BCUT2D eigenvalue weighted by atomic mass is 35.5. The number of Topliss-reactive ketones (excluding diaryl/α,β-unsaturated/α-hetero) is 1. The highest BCUT2D eigenvalue weighted by Crippen LogP contribution is 2.48. The number of halogens is 1. The van der Waals surface area contributed by atoms with Gasteiger partial charge in [0.1, 0.15) is 30.2 Å². The molecule has 7 heterocycles. The summed E-state index contributed by atoms with van der Waals surface area (Å²) in [4.78, 5) is 41.0. The average Bonchev–Trinajstić information content (AvgIpc) is 1.80. The summed E-state index contributed by atoms with van der Waals surface area (Å²) in [7, 11) is 1.58. The molecule has 8 N–H and O–H groups in total.